The Morgan fingerprint density at radius 3 is 2.35 bits per heavy atom. The predicted octanol–water partition coefficient (Wildman–Crippen LogP) is 4.82. The van der Waals surface area contributed by atoms with Gasteiger partial charge in [-0.2, -0.15) is 0 Å². The van der Waals surface area contributed by atoms with Gasteiger partial charge < -0.3 is 5.32 Å². The van der Waals surface area contributed by atoms with E-state index in [2.05, 4.69) is 61.6 Å². The SMILES string of the molecule is Cc1ccc(-c2ccc(C3CCCN3)cc2)c(C)c1.Cl. The van der Waals surface area contributed by atoms with Crippen LogP contribution in [-0.4, -0.2) is 6.54 Å². The summed E-state index contributed by atoms with van der Waals surface area (Å²) in [5.74, 6) is 0. The van der Waals surface area contributed by atoms with E-state index in [1.807, 2.05) is 0 Å². The van der Waals surface area contributed by atoms with Crippen molar-refractivity contribution in [1.29, 1.82) is 0 Å². The molecule has 0 aliphatic carbocycles. The zero-order valence-electron chi connectivity index (χ0n) is 12.1. The van der Waals surface area contributed by atoms with Crippen LogP contribution >= 0.6 is 12.4 Å². The summed E-state index contributed by atoms with van der Waals surface area (Å²) >= 11 is 0. The molecular formula is C18H22ClN. The van der Waals surface area contributed by atoms with E-state index in [0.29, 0.717) is 6.04 Å². The maximum absolute atomic E-state index is 3.55. The van der Waals surface area contributed by atoms with Crippen LogP contribution < -0.4 is 5.32 Å². The molecule has 1 aliphatic heterocycles. The topological polar surface area (TPSA) is 12.0 Å². The van der Waals surface area contributed by atoms with Gasteiger partial charge in [0.15, 0.2) is 0 Å². The molecule has 0 spiro atoms. The number of halogens is 1. The number of nitrogens with one attached hydrogen (secondary N) is 1. The van der Waals surface area contributed by atoms with E-state index in [1.165, 1.54) is 40.7 Å². The number of hydrogen-bond donors (Lipinski definition) is 1. The molecule has 0 saturated carbocycles. The Bertz CT molecular complexity index is 568. The first-order valence-corrected chi connectivity index (χ1v) is 7.15. The van der Waals surface area contributed by atoms with Crippen LogP contribution in [0.1, 0.15) is 35.6 Å². The van der Waals surface area contributed by atoms with Crippen molar-refractivity contribution in [2.75, 3.05) is 6.54 Å². The first-order chi connectivity index (χ1) is 9.24. The molecular weight excluding hydrogens is 266 g/mol. The second-order valence-electron chi connectivity index (χ2n) is 5.59. The van der Waals surface area contributed by atoms with Gasteiger partial charge in [0.1, 0.15) is 0 Å². The minimum Gasteiger partial charge on any atom is -0.310 e. The molecule has 1 unspecified atom stereocenters. The van der Waals surface area contributed by atoms with Crippen LogP contribution in [0.4, 0.5) is 0 Å². The van der Waals surface area contributed by atoms with E-state index in [9.17, 15) is 0 Å². The Balaban J connectivity index is 0.00000147. The van der Waals surface area contributed by atoms with Gasteiger partial charge in [0.2, 0.25) is 0 Å². The van der Waals surface area contributed by atoms with Crippen LogP contribution in [0.25, 0.3) is 11.1 Å². The molecule has 1 atom stereocenters. The van der Waals surface area contributed by atoms with Crippen LogP contribution in [0.5, 0.6) is 0 Å². The zero-order valence-corrected chi connectivity index (χ0v) is 13.0. The van der Waals surface area contributed by atoms with Gasteiger partial charge in [-0.15, -0.1) is 12.4 Å². The van der Waals surface area contributed by atoms with E-state index >= 15 is 0 Å². The fourth-order valence-corrected chi connectivity index (χ4v) is 3.00. The highest BCUT2D eigenvalue weighted by molar-refractivity contribution is 5.85. The lowest BCUT2D eigenvalue weighted by atomic mass is 9.96. The molecule has 2 aromatic carbocycles. The minimum atomic E-state index is 0. The Hall–Kier alpha value is -1.31. The average molecular weight is 288 g/mol. The fraction of sp³-hybridized carbons (Fsp3) is 0.333. The summed E-state index contributed by atoms with van der Waals surface area (Å²) in [7, 11) is 0. The summed E-state index contributed by atoms with van der Waals surface area (Å²) in [6.45, 7) is 5.49. The molecule has 0 radical (unpaired) electrons. The molecule has 0 bridgehead atoms. The second kappa shape index (κ2) is 6.43. The van der Waals surface area contributed by atoms with E-state index in [4.69, 9.17) is 0 Å². The van der Waals surface area contributed by atoms with Crippen molar-refractivity contribution in [2.45, 2.75) is 32.7 Å². The zero-order chi connectivity index (χ0) is 13.2. The number of aryl methyl sites for hydroxylation is 2. The lowest BCUT2D eigenvalue weighted by Gasteiger charge is -2.12. The highest BCUT2D eigenvalue weighted by Gasteiger charge is 2.15. The van der Waals surface area contributed by atoms with E-state index < -0.39 is 0 Å². The summed E-state index contributed by atoms with van der Waals surface area (Å²) in [5, 5.41) is 3.55. The van der Waals surface area contributed by atoms with Crippen molar-refractivity contribution in [3.8, 4) is 11.1 Å². The quantitative estimate of drug-likeness (QED) is 0.835. The molecule has 3 rings (SSSR count). The van der Waals surface area contributed by atoms with E-state index in [-0.39, 0.29) is 12.4 Å². The summed E-state index contributed by atoms with van der Waals surface area (Å²) in [6.07, 6.45) is 2.56. The first kappa shape index (κ1) is 15.1. The predicted molar refractivity (Wildman–Crippen MR) is 88.6 cm³/mol. The van der Waals surface area contributed by atoms with Gasteiger partial charge in [-0.05, 0) is 55.5 Å². The highest BCUT2D eigenvalue weighted by Crippen LogP contribution is 2.28. The Labute approximate surface area is 127 Å². The number of benzene rings is 2. The molecule has 1 nitrogen and oxygen atoms in total. The maximum Gasteiger partial charge on any atom is 0.0320 e. The normalized spacial score (nSPS) is 17.8. The lowest BCUT2D eigenvalue weighted by molar-refractivity contribution is 0.648. The molecule has 106 valence electrons. The first-order valence-electron chi connectivity index (χ1n) is 7.15. The molecule has 0 amide bonds. The maximum atomic E-state index is 3.55. The smallest absolute Gasteiger partial charge is 0.0320 e. The van der Waals surface area contributed by atoms with Crippen molar-refractivity contribution >= 4 is 12.4 Å². The fourth-order valence-electron chi connectivity index (χ4n) is 3.00. The molecule has 1 heterocycles. The van der Waals surface area contributed by atoms with Crippen molar-refractivity contribution in [3.05, 3.63) is 59.2 Å². The average Bonchev–Trinajstić information content (AvgIpc) is 2.93. The molecule has 0 aromatic heterocycles. The Kier molecular flexibility index (Phi) is 4.85. The van der Waals surface area contributed by atoms with Gasteiger partial charge in [0.05, 0.1) is 0 Å². The second-order valence-corrected chi connectivity index (χ2v) is 5.59. The monoisotopic (exact) mass is 287 g/mol. The molecule has 20 heavy (non-hydrogen) atoms. The summed E-state index contributed by atoms with van der Waals surface area (Å²) in [6, 6.07) is 16.3. The van der Waals surface area contributed by atoms with Crippen LogP contribution in [-0.2, 0) is 0 Å². The van der Waals surface area contributed by atoms with Crippen LogP contribution in [0.15, 0.2) is 42.5 Å². The standard InChI is InChI=1S/C18H21N.ClH/c1-13-5-10-17(14(2)12-13)15-6-8-16(9-7-15)18-4-3-11-19-18;/h5-10,12,18-19H,3-4,11H2,1-2H3;1H. The van der Waals surface area contributed by atoms with Gasteiger partial charge >= 0.3 is 0 Å². The number of rotatable bonds is 2. The highest BCUT2D eigenvalue weighted by atomic mass is 35.5. The molecule has 1 fully saturated rings. The third-order valence-electron chi connectivity index (χ3n) is 4.07. The van der Waals surface area contributed by atoms with Gasteiger partial charge in [0.25, 0.3) is 0 Å². The van der Waals surface area contributed by atoms with Crippen molar-refractivity contribution in [3.63, 3.8) is 0 Å². The van der Waals surface area contributed by atoms with Crippen molar-refractivity contribution in [1.82, 2.24) is 5.32 Å². The molecule has 1 N–H and O–H groups in total. The molecule has 2 heteroatoms. The molecule has 2 aromatic rings. The van der Waals surface area contributed by atoms with Gasteiger partial charge in [-0.1, -0.05) is 48.0 Å². The third-order valence-corrected chi connectivity index (χ3v) is 4.07. The van der Waals surface area contributed by atoms with Crippen LogP contribution in [0.3, 0.4) is 0 Å². The van der Waals surface area contributed by atoms with Crippen LogP contribution in [0, 0.1) is 13.8 Å². The van der Waals surface area contributed by atoms with E-state index in [0.717, 1.165) is 6.54 Å². The van der Waals surface area contributed by atoms with Crippen molar-refractivity contribution in [2.24, 2.45) is 0 Å². The van der Waals surface area contributed by atoms with Gasteiger partial charge in [-0.3, -0.25) is 0 Å². The lowest BCUT2D eigenvalue weighted by Crippen LogP contribution is -2.12. The Morgan fingerprint density at radius 1 is 1.00 bits per heavy atom. The number of hydrogen-bond acceptors (Lipinski definition) is 1. The van der Waals surface area contributed by atoms with Crippen LogP contribution in [0.2, 0.25) is 0 Å². The summed E-state index contributed by atoms with van der Waals surface area (Å²) < 4.78 is 0. The Morgan fingerprint density at radius 2 is 1.75 bits per heavy atom. The summed E-state index contributed by atoms with van der Waals surface area (Å²) in [4.78, 5) is 0. The molecule has 1 saturated heterocycles. The molecule has 1 aliphatic rings. The summed E-state index contributed by atoms with van der Waals surface area (Å²) in [5.41, 5.74) is 6.77. The largest absolute Gasteiger partial charge is 0.310 e. The van der Waals surface area contributed by atoms with Gasteiger partial charge in [0, 0.05) is 6.04 Å². The van der Waals surface area contributed by atoms with Crippen molar-refractivity contribution < 1.29 is 0 Å². The third kappa shape index (κ3) is 3.05. The van der Waals surface area contributed by atoms with Gasteiger partial charge in [-0.25, -0.2) is 0 Å². The minimum absolute atomic E-state index is 0. The van der Waals surface area contributed by atoms with E-state index in [1.54, 1.807) is 0 Å².